The van der Waals surface area contributed by atoms with Gasteiger partial charge in [-0.15, -0.1) is 0 Å². The average Bonchev–Trinajstić information content (AvgIpc) is 2.45. The van der Waals surface area contributed by atoms with Crippen molar-refractivity contribution in [3.63, 3.8) is 0 Å². The van der Waals surface area contributed by atoms with Crippen LogP contribution in [0.15, 0.2) is 30.5 Å². The van der Waals surface area contributed by atoms with E-state index in [4.69, 9.17) is 22.2 Å². The second-order valence-corrected chi connectivity index (χ2v) is 5.10. The quantitative estimate of drug-likeness (QED) is 0.885. The monoisotopic (exact) mass is 305 g/mol. The van der Waals surface area contributed by atoms with Gasteiger partial charge in [0.2, 0.25) is 0 Å². The summed E-state index contributed by atoms with van der Waals surface area (Å²) in [5.74, 6) is -0.200. The number of carbonyl (C=O) groups excluding carboxylic acids is 1. The van der Waals surface area contributed by atoms with Gasteiger partial charge in [-0.3, -0.25) is 9.63 Å². The molecular formula is C15H16ClN3O2. The molecule has 5 nitrogen and oxygen atoms in total. The van der Waals surface area contributed by atoms with Crippen LogP contribution in [0.1, 0.15) is 15.9 Å². The fourth-order valence-corrected chi connectivity index (χ4v) is 2.25. The van der Waals surface area contributed by atoms with Gasteiger partial charge in [0.1, 0.15) is 5.82 Å². The Labute approximate surface area is 128 Å². The molecule has 1 aromatic carbocycles. The van der Waals surface area contributed by atoms with Gasteiger partial charge in [-0.1, -0.05) is 17.7 Å². The molecule has 0 aliphatic heterocycles. The molecule has 2 aromatic rings. The molecule has 0 radical (unpaired) electrons. The number of hydroxylamine groups is 2. The first-order valence-electron chi connectivity index (χ1n) is 6.27. The molecule has 0 fully saturated rings. The zero-order valence-corrected chi connectivity index (χ0v) is 12.8. The number of nitrogen functional groups attached to an aromatic ring is 1. The number of rotatable bonds is 3. The first-order valence-corrected chi connectivity index (χ1v) is 6.65. The maximum atomic E-state index is 12.2. The van der Waals surface area contributed by atoms with E-state index in [1.807, 2.05) is 25.1 Å². The second-order valence-electron chi connectivity index (χ2n) is 4.66. The maximum absolute atomic E-state index is 12.2. The second kappa shape index (κ2) is 6.11. The SMILES string of the molecule is CON(C)C(=O)c1cc(-c2cc(C)cc(Cl)c2)cnc1N. The third-order valence-corrected chi connectivity index (χ3v) is 3.30. The van der Waals surface area contributed by atoms with Crippen LogP contribution in [0.2, 0.25) is 5.02 Å². The van der Waals surface area contributed by atoms with E-state index in [1.165, 1.54) is 14.2 Å². The summed E-state index contributed by atoms with van der Waals surface area (Å²) in [6, 6.07) is 7.33. The fraction of sp³-hybridized carbons (Fsp3) is 0.200. The minimum atomic E-state index is -0.358. The maximum Gasteiger partial charge on any atom is 0.280 e. The number of nitrogens with zero attached hydrogens (tertiary/aromatic N) is 2. The zero-order valence-electron chi connectivity index (χ0n) is 12.1. The van der Waals surface area contributed by atoms with Gasteiger partial charge in [-0.2, -0.15) is 0 Å². The first-order chi connectivity index (χ1) is 9.92. The number of halogens is 1. The van der Waals surface area contributed by atoms with Crippen LogP contribution in [0.5, 0.6) is 0 Å². The molecular weight excluding hydrogens is 290 g/mol. The number of aromatic nitrogens is 1. The Kier molecular flexibility index (Phi) is 4.45. The van der Waals surface area contributed by atoms with Gasteiger partial charge >= 0.3 is 0 Å². The highest BCUT2D eigenvalue weighted by atomic mass is 35.5. The number of anilines is 1. The first kappa shape index (κ1) is 15.3. The molecule has 0 saturated carbocycles. The minimum absolute atomic E-state index is 0.159. The highest BCUT2D eigenvalue weighted by Gasteiger charge is 2.17. The number of hydrogen-bond acceptors (Lipinski definition) is 4. The predicted octanol–water partition coefficient (Wildman–Crippen LogP) is 2.93. The third kappa shape index (κ3) is 3.32. The van der Waals surface area contributed by atoms with Crippen molar-refractivity contribution in [3.8, 4) is 11.1 Å². The van der Waals surface area contributed by atoms with Gasteiger partial charge in [0.25, 0.3) is 5.91 Å². The van der Waals surface area contributed by atoms with E-state index < -0.39 is 0 Å². The Hall–Kier alpha value is -2.11. The molecule has 1 heterocycles. The summed E-state index contributed by atoms with van der Waals surface area (Å²) in [4.78, 5) is 21.1. The normalized spacial score (nSPS) is 10.5. The van der Waals surface area contributed by atoms with E-state index in [2.05, 4.69) is 4.98 Å². The van der Waals surface area contributed by atoms with Gasteiger partial charge in [0.05, 0.1) is 12.7 Å². The van der Waals surface area contributed by atoms with Crippen molar-refractivity contribution >= 4 is 23.3 Å². The smallest absolute Gasteiger partial charge is 0.280 e. The summed E-state index contributed by atoms with van der Waals surface area (Å²) < 4.78 is 0. The van der Waals surface area contributed by atoms with Crippen LogP contribution in [0.25, 0.3) is 11.1 Å². The number of carbonyl (C=O) groups is 1. The molecule has 0 unspecified atom stereocenters. The van der Waals surface area contributed by atoms with E-state index >= 15 is 0 Å². The fourth-order valence-electron chi connectivity index (χ4n) is 1.96. The van der Waals surface area contributed by atoms with Crippen LogP contribution in [-0.4, -0.2) is 30.1 Å². The molecule has 0 atom stereocenters. The number of hydrogen-bond donors (Lipinski definition) is 1. The number of aryl methyl sites for hydroxylation is 1. The van der Waals surface area contributed by atoms with Crippen LogP contribution < -0.4 is 5.73 Å². The Bertz CT molecular complexity index is 668. The number of benzene rings is 1. The standard InChI is InChI=1S/C15H16ClN3O2/c1-9-4-10(6-12(16)5-9)11-7-13(14(17)18-8-11)15(20)19(2)21-3/h4-8H,1-3H3,(H2,17,18). The predicted molar refractivity (Wildman–Crippen MR) is 82.9 cm³/mol. The third-order valence-electron chi connectivity index (χ3n) is 3.08. The van der Waals surface area contributed by atoms with Crippen molar-refractivity contribution in [1.29, 1.82) is 0 Å². The Morgan fingerprint density at radius 1 is 1.29 bits per heavy atom. The molecule has 2 N–H and O–H groups in total. The molecule has 0 spiro atoms. The minimum Gasteiger partial charge on any atom is -0.383 e. The molecule has 6 heteroatoms. The van der Waals surface area contributed by atoms with Crippen molar-refractivity contribution in [3.05, 3.63) is 46.6 Å². The molecule has 1 aromatic heterocycles. The van der Waals surface area contributed by atoms with E-state index in [0.717, 1.165) is 21.8 Å². The van der Waals surface area contributed by atoms with Crippen LogP contribution in [-0.2, 0) is 4.84 Å². The summed E-state index contributed by atoms with van der Waals surface area (Å²) in [7, 11) is 2.92. The summed E-state index contributed by atoms with van der Waals surface area (Å²) in [6.45, 7) is 1.95. The molecule has 0 bridgehead atoms. The Morgan fingerprint density at radius 2 is 2.00 bits per heavy atom. The lowest BCUT2D eigenvalue weighted by atomic mass is 10.0. The van der Waals surface area contributed by atoms with Crippen molar-refractivity contribution in [2.45, 2.75) is 6.92 Å². The van der Waals surface area contributed by atoms with Crippen LogP contribution in [0, 0.1) is 6.92 Å². The lowest BCUT2D eigenvalue weighted by Gasteiger charge is -2.15. The number of nitrogens with two attached hydrogens (primary N) is 1. The average molecular weight is 306 g/mol. The Morgan fingerprint density at radius 3 is 2.62 bits per heavy atom. The largest absolute Gasteiger partial charge is 0.383 e. The van der Waals surface area contributed by atoms with Crippen molar-refractivity contribution in [2.24, 2.45) is 0 Å². The van der Waals surface area contributed by atoms with Crippen molar-refractivity contribution in [2.75, 3.05) is 19.9 Å². The van der Waals surface area contributed by atoms with E-state index in [9.17, 15) is 4.79 Å². The highest BCUT2D eigenvalue weighted by Crippen LogP contribution is 2.26. The molecule has 21 heavy (non-hydrogen) atoms. The molecule has 0 saturated heterocycles. The van der Waals surface area contributed by atoms with Crippen molar-refractivity contribution < 1.29 is 9.63 Å². The molecule has 110 valence electrons. The number of amides is 1. The lowest BCUT2D eigenvalue weighted by molar-refractivity contribution is -0.0756. The van der Waals surface area contributed by atoms with Crippen LogP contribution in [0.4, 0.5) is 5.82 Å². The summed E-state index contributed by atoms with van der Waals surface area (Å²) in [5, 5.41) is 1.73. The van der Waals surface area contributed by atoms with E-state index in [1.54, 1.807) is 12.3 Å². The van der Waals surface area contributed by atoms with Gasteiger partial charge in [-0.25, -0.2) is 10.0 Å². The summed E-state index contributed by atoms with van der Waals surface area (Å²) in [6.07, 6.45) is 1.62. The molecule has 1 amide bonds. The van der Waals surface area contributed by atoms with Crippen molar-refractivity contribution in [1.82, 2.24) is 10.0 Å². The lowest BCUT2D eigenvalue weighted by Crippen LogP contribution is -2.26. The van der Waals surface area contributed by atoms with Gasteiger partial charge in [0.15, 0.2) is 0 Å². The van der Waals surface area contributed by atoms with Crippen LogP contribution >= 0.6 is 11.6 Å². The Balaban J connectivity index is 2.50. The summed E-state index contributed by atoms with van der Waals surface area (Å²) >= 11 is 6.07. The van der Waals surface area contributed by atoms with Gasteiger partial charge in [-0.05, 0) is 36.2 Å². The van der Waals surface area contributed by atoms with E-state index in [-0.39, 0.29) is 17.3 Å². The number of pyridine rings is 1. The molecule has 2 rings (SSSR count). The summed E-state index contributed by atoms with van der Waals surface area (Å²) in [5.41, 5.74) is 8.73. The molecule has 0 aliphatic carbocycles. The molecule has 0 aliphatic rings. The topological polar surface area (TPSA) is 68.5 Å². The van der Waals surface area contributed by atoms with Gasteiger partial charge in [0, 0.05) is 23.8 Å². The highest BCUT2D eigenvalue weighted by molar-refractivity contribution is 6.31. The zero-order chi connectivity index (χ0) is 15.6. The van der Waals surface area contributed by atoms with Crippen LogP contribution in [0.3, 0.4) is 0 Å². The van der Waals surface area contributed by atoms with E-state index in [0.29, 0.717) is 5.02 Å². The van der Waals surface area contributed by atoms with Gasteiger partial charge < -0.3 is 5.73 Å².